The van der Waals surface area contributed by atoms with E-state index in [2.05, 4.69) is 24.1 Å². The van der Waals surface area contributed by atoms with Gasteiger partial charge in [-0.15, -0.1) is 0 Å². The molecule has 0 saturated heterocycles. The first-order valence-corrected chi connectivity index (χ1v) is 14.1. The van der Waals surface area contributed by atoms with Gasteiger partial charge in [0, 0.05) is 29.4 Å². The van der Waals surface area contributed by atoms with Crippen molar-refractivity contribution in [2.75, 3.05) is 5.32 Å². The van der Waals surface area contributed by atoms with Gasteiger partial charge in [0.2, 0.25) is 0 Å². The summed E-state index contributed by atoms with van der Waals surface area (Å²) in [6.07, 6.45) is 1.06. The number of aromatic amines is 1. The van der Waals surface area contributed by atoms with Crippen LogP contribution in [0.5, 0.6) is 11.5 Å². The number of H-pyrrole nitrogens is 1. The SMILES string of the molecule is CC1(C)CC(=O)C2=C(C1)Nc1nc(SCc3ccc(F)cc3)[nH]c(=O)c1C2c1cccc(Oc2ccccc2)c1. The van der Waals surface area contributed by atoms with Crippen molar-refractivity contribution < 1.29 is 13.9 Å². The molecule has 2 heterocycles. The second-order valence-electron chi connectivity index (χ2n) is 10.9. The van der Waals surface area contributed by atoms with Gasteiger partial charge in [-0.25, -0.2) is 9.37 Å². The highest BCUT2D eigenvalue weighted by Crippen LogP contribution is 2.48. The first-order valence-electron chi connectivity index (χ1n) is 13.1. The number of aromatic nitrogens is 2. The molecular weight excluding hydrogens is 525 g/mol. The molecule has 1 atom stereocenters. The predicted octanol–water partition coefficient (Wildman–Crippen LogP) is 7.19. The molecule has 1 aliphatic heterocycles. The number of ether oxygens (including phenoxy) is 1. The molecule has 0 radical (unpaired) electrons. The van der Waals surface area contributed by atoms with Crippen LogP contribution in [-0.4, -0.2) is 15.8 Å². The number of nitrogens with zero attached hydrogens (tertiary/aromatic N) is 1. The Balaban J connectivity index is 1.40. The van der Waals surface area contributed by atoms with E-state index in [1.807, 2.05) is 54.6 Å². The van der Waals surface area contributed by atoms with Gasteiger partial charge in [-0.3, -0.25) is 9.59 Å². The maximum absolute atomic E-state index is 13.6. The number of hydrogen-bond donors (Lipinski definition) is 2. The highest BCUT2D eigenvalue weighted by atomic mass is 32.2. The number of allylic oxidation sites excluding steroid dienone is 2. The molecule has 1 aliphatic carbocycles. The van der Waals surface area contributed by atoms with E-state index in [1.54, 1.807) is 12.1 Å². The molecule has 8 heteroatoms. The number of nitrogens with one attached hydrogen (secondary N) is 2. The number of halogens is 1. The molecule has 202 valence electrons. The Bertz CT molecular complexity index is 1680. The number of hydrogen-bond acceptors (Lipinski definition) is 6. The lowest BCUT2D eigenvalue weighted by atomic mass is 9.69. The van der Waals surface area contributed by atoms with E-state index < -0.39 is 5.92 Å². The Morgan fingerprint density at radius 1 is 0.975 bits per heavy atom. The van der Waals surface area contributed by atoms with Gasteiger partial charge in [0.15, 0.2) is 10.9 Å². The first-order chi connectivity index (χ1) is 19.3. The van der Waals surface area contributed by atoms with Crippen molar-refractivity contribution in [1.82, 2.24) is 9.97 Å². The van der Waals surface area contributed by atoms with E-state index in [4.69, 9.17) is 9.72 Å². The number of thioether (sulfide) groups is 1. The van der Waals surface area contributed by atoms with Crippen LogP contribution in [0, 0.1) is 11.2 Å². The zero-order valence-electron chi connectivity index (χ0n) is 22.2. The molecule has 4 aromatic rings. The minimum absolute atomic E-state index is 0.0259. The normalized spacial score (nSPS) is 17.6. The Hall–Kier alpha value is -4.17. The van der Waals surface area contributed by atoms with Gasteiger partial charge in [0.1, 0.15) is 23.1 Å². The summed E-state index contributed by atoms with van der Waals surface area (Å²) < 4.78 is 19.4. The van der Waals surface area contributed by atoms with Gasteiger partial charge >= 0.3 is 0 Å². The second kappa shape index (κ2) is 10.4. The van der Waals surface area contributed by atoms with Gasteiger partial charge < -0.3 is 15.0 Å². The van der Waals surface area contributed by atoms with Crippen molar-refractivity contribution in [2.24, 2.45) is 5.41 Å². The van der Waals surface area contributed by atoms with Crippen molar-refractivity contribution in [3.8, 4) is 11.5 Å². The summed E-state index contributed by atoms with van der Waals surface area (Å²) in [5.41, 5.74) is 3.01. The van der Waals surface area contributed by atoms with E-state index >= 15 is 0 Å². The van der Waals surface area contributed by atoms with Gasteiger partial charge in [0.25, 0.3) is 5.56 Å². The number of carbonyl (C=O) groups is 1. The molecule has 6 rings (SSSR count). The molecule has 6 nitrogen and oxygen atoms in total. The van der Waals surface area contributed by atoms with Crippen molar-refractivity contribution in [1.29, 1.82) is 0 Å². The van der Waals surface area contributed by atoms with Crippen LogP contribution in [0.15, 0.2) is 100 Å². The van der Waals surface area contributed by atoms with Crippen LogP contribution in [0.4, 0.5) is 10.2 Å². The van der Waals surface area contributed by atoms with E-state index in [9.17, 15) is 14.0 Å². The number of carbonyl (C=O) groups excluding carboxylic acids is 1. The van der Waals surface area contributed by atoms with Gasteiger partial charge in [-0.2, -0.15) is 0 Å². The summed E-state index contributed by atoms with van der Waals surface area (Å²) in [5, 5.41) is 3.81. The van der Waals surface area contributed by atoms with E-state index in [1.165, 1.54) is 23.9 Å². The summed E-state index contributed by atoms with van der Waals surface area (Å²) in [5.74, 6) is 1.43. The number of rotatable bonds is 6. The van der Waals surface area contributed by atoms with Crippen LogP contribution < -0.4 is 15.6 Å². The molecule has 1 aromatic heterocycles. The third kappa shape index (κ3) is 5.31. The van der Waals surface area contributed by atoms with E-state index in [0.717, 1.165) is 16.8 Å². The molecule has 40 heavy (non-hydrogen) atoms. The number of fused-ring (bicyclic) bond motifs is 1. The predicted molar refractivity (Wildman–Crippen MR) is 154 cm³/mol. The van der Waals surface area contributed by atoms with Crippen molar-refractivity contribution >= 4 is 23.4 Å². The number of Topliss-reactive ketones (excluding diaryl/α,β-unsaturated/α-hetero) is 1. The number of ketones is 1. The summed E-state index contributed by atoms with van der Waals surface area (Å²) in [4.78, 5) is 34.9. The monoisotopic (exact) mass is 553 g/mol. The fourth-order valence-electron chi connectivity index (χ4n) is 5.41. The number of para-hydroxylation sites is 1. The van der Waals surface area contributed by atoms with Gasteiger partial charge in [-0.05, 0) is 59.4 Å². The molecule has 0 amide bonds. The summed E-state index contributed by atoms with van der Waals surface area (Å²) in [7, 11) is 0. The zero-order chi connectivity index (χ0) is 27.9. The van der Waals surface area contributed by atoms with Crippen molar-refractivity contribution in [2.45, 2.75) is 43.5 Å². The highest BCUT2D eigenvalue weighted by molar-refractivity contribution is 7.98. The average molecular weight is 554 g/mol. The minimum Gasteiger partial charge on any atom is -0.457 e. The zero-order valence-corrected chi connectivity index (χ0v) is 23.0. The third-order valence-corrected chi connectivity index (χ3v) is 8.10. The van der Waals surface area contributed by atoms with Crippen LogP contribution >= 0.6 is 11.8 Å². The fraction of sp³-hybridized carbons (Fsp3) is 0.219. The highest BCUT2D eigenvalue weighted by Gasteiger charge is 2.42. The lowest BCUT2D eigenvalue weighted by molar-refractivity contribution is -0.118. The topological polar surface area (TPSA) is 84.1 Å². The fourth-order valence-corrected chi connectivity index (χ4v) is 6.23. The summed E-state index contributed by atoms with van der Waals surface area (Å²) in [6, 6.07) is 23.3. The van der Waals surface area contributed by atoms with Crippen LogP contribution in [-0.2, 0) is 10.5 Å². The summed E-state index contributed by atoms with van der Waals surface area (Å²) in [6.45, 7) is 4.15. The quantitative estimate of drug-likeness (QED) is 0.194. The Labute approximate surface area is 235 Å². The van der Waals surface area contributed by atoms with Crippen LogP contribution in [0.3, 0.4) is 0 Å². The molecule has 2 aliphatic rings. The smallest absolute Gasteiger partial charge is 0.257 e. The lowest BCUT2D eigenvalue weighted by Crippen LogP contribution is -2.37. The Morgan fingerprint density at radius 2 is 1.73 bits per heavy atom. The molecule has 0 bridgehead atoms. The molecule has 2 N–H and O–H groups in total. The van der Waals surface area contributed by atoms with E-state index in [-0.39, 0.29) is 22.6 Å². The Kier molecular flexibility index (Phi) is 6.80. The van der Waals surface area contributed by atoms with Gasteiger partial charge in [0.05, 0.1) is 5.56 Å². The summed E-state index contributed by atoms with van der Waals surface area (Å²) >= 11 is 1.36. The molecule has 0 fully saturated rings. The van der Waals surface area contributed by atoms with Crippen LogP contribution in [0.2, 0.25) is 0 Å². The minimum atomic E-state index is -0.582. The number of benzene rings is 3. The van der Waals surface area contributed by atoms with Crippen molar-refractivity contribution in [3.63, 3.8) is 0 Å². The largest absolute Gasteiger partial charge is 0.457 e. The average Bonchev–Trinajstić information content (AvgIpc) is 2.91. The molecular formula is C32H28FN3O3S. The molecule has 1 unspecified atom stereocenters. The first kappa shape index (κ1) is 26.1. The maximum atomic E-state index is 13.6. The standard InChI is InChI=1S/C32H28FN3O3S/c1-32(2)16-24-27(25(37)17-32)26(20-7-6-10-23(15-20)39-22-8-4-3-5-9-22)28-29(34-24)35-31(36-30(28)38)40-18-19-11-13-21(33)14-12-19/h3-15,26H,16-18H2,1-2H3,(H2,34,35,36,38). The maximum Gasteiger partial charge on any atom is 0.257 e. The lowest BCUT2D eigenvalue weighted by Gasteiger charge is -2.38. The molecule has 0 saturated carbocycles. The second-order valence-corrected chi connectivity index (χ2v) is 11.9. The Morgan fingerprint density at radius 3 is 2.50 bits per heavy atom. The van der Waals surface area contributed by atoms with Crippen molar-refractivity contribution in [3.05, 3.63) is 123 Å². The van der Waals surface area contributed by atoms with Crippen LogP contribution in [0.25, 0.3) is 0 Å². The van der Waals surface area contributed by atoms with E-state index in [0.29, 0.717) is 52.2 Å². The molecule has 3 aromatic carbocycles. The van der Waals surface area contributed by atoms with Crippen LogP contribution in [0.1, 0.15) is 49.3 Å². The van der Waals surface area contributed by atoms with Gasteiger partial charge in [-0.1, -0.05) is 68.1 Å². The third-order valence-electron chi connectivity index (χ3n) is 7.16. The molecule has 0 spiro atoms. The number of anilines is 1.